The molecule has 0 aliphatic rings. The predicted octanol–water partition coefficient (Wildman–Crippen LogP) is 4.23. The Morgan fingerprint density at radius 1 is 1.14 bits per heavy atom. The first-order valence-electron chi connectivity index (χ1n) is 6.52. The van der Waals surface area contributed by atoms with Crippen LogP contribution in [0.15, 0.2) is 65.5 Å². The van der Waals surface area contributed by atoms with Gasteiger partial charge in [-0.3, -0.25) is 0 Å². The third-order valence-corrected chi connectivity index (χ3v) is 4.07. The smallest absolute Gasteiger partial charge is 0.0991 e. The van der Waals surface area contributed by atoms with Crippen molar-refractivity contribution < 1.29 is 0 Å². The number of benzene rings is 2. The van der Waals surface area contributed by atoms with Crippen molar-refractivity contribution in [1.29, 1.82) is 5.26 Å². The van der Waals surface area contributed by atoms with Crippen LogP contribution in [0.1, 0.15) is 11.1 Å². The van der Waals surface area contributed by atoms with Crippen LogP contribution in [0.3, 0.4) is 0 Å². The number of rotatable bonds is 3. The fourth-order valence-electron chi connectivity index (χ4n) is 2.25. The number of halogens is 1. The van der Waals surface area contributed by atoms with E-state index in [1.807, 2.05) is 48.9 Å². The monoisotopic (exact) mass is 337 g/mol. The maximum absolute atomic E-state index is 9.02. The molecular formula is C17H12BrN3. The van der Waals surface area contributed by atoms with Crippen molar-refractivity contribution >= 4 is 15.9 Å². The van der Waals surface area contributed by atoms with Crippen molar-refractivity contribution in [3.63, 3.8) is 0 Å². The molecule has 0 atom stereocenters. The Balaban J connectivity index is 1.98. The van der Waals surface area contributed by atoms with Gasteiger partial charge in [-0.1, -0.05) is 46.3 Å². The molecule has 0 N–H and O–H groups in total. The van der Waals surface area contributed by atoms with E-state index >= 15 is 0 Å². The van der Waals surface area contributed by atoms with Crippen LogP contribution >= 0.6 is 15.9 Å². The molecule has 0 amide bonds. The standard InChI is InChI=1S/C17H12BrN3/c18-16-7-2-1-5-15(16)11-21-12-20-10-17(21)14-6-3-4-13(8-14)9-19/h1-8,10,12H,11H2. The Morgan fingerprint density at radius 2 is 2.00 bits per heavy atom. The summed E-state index contributed by atoms with van der Waals surface area (Å²) in [5.41, 5.74) is 3.84. The maximum atomic E-state index is 9.02. The van der Waals surface area contributed by atoms with Gasteiger partial charge in [0.1, 0.15) is 0 Å². The highest BCUT2D eigenvalue weighted by atomic mass is 79.9. The first-order valence-corrected chi connectivity index (χ1v) is 7.31. The SMILES string of the molecule is N#Cc1cccc(-c2cncn2Cc2ccccc2Br)c1. The van der Waals surface area contributed by atoms with Crippen molar-refractivity contribution in [3.8, 4) is 17.3 Å². The van der Waals surface area contributed by atoms with Gasteiger partial charge in [0, 0.05) is 10.0 Å². The molecule has 1 aromatic heterocycles. The lowest BCUT2D eigenvalue weighted by molar-refractivity contribution is 0.801. The maximum Gasteiger partial charge on any atom is 0.0991 e. The van der Waals surface area contributed by atoms with Crippen molar-refractivity contribution in [1.82, 2.24) is 9.55 Å². The van der Waals surface area contributed by atoms with Gasteiger partial charge in [0.15, 0.2) is 0 Å². The van der Waals surface area contributed by atoms with Crippen molar-refractivity contribution in [2.75, 3.05) is 0 Å². The van der Waals surface area contributed by atoms with Crippen LogP contribution in [-0.4, -0.2) is 9.55 Å². The molecule has 0 spiro atoms. The Kier molecular flexibility index (Phi) is 3.85. The van der Waals surface area contributed by atoms with E-state index in [9.17, 15) is 0 Å². The number of hydrogen-bond donors (Lipinski definition) is 0. The summed E-state index contributed by atoms with van der Waals surface area (Å²) in [5, 5.41) is 9.02. The van der Waals surface area contributed by atoms with E-state index in [2.05, 4.69) is 37.6 Å². The minimum absolute atomic E-state index is 0.654. The molecule has 0 saturated heterocycles. The molecular weight excluding hydrogens is 326 g/mol. The molecule has 21 heavy (non-hydrogen) atoms. The fraction of sp³-hybridized carbons (Fsp3) is 0.0588. The lowest BCUT2D eigenvalue weighted by Gasteiger charge is -2.10. The quantitative estimate of drug-likeness (QED) is 0.717. The zero-order valence-electron chi connectivity index (χ0n) is 11.2. The fourth-order valence-corrected chi connectivity index (χ4v) is 2.66. The summed E-state index contributed by atoms with van der Waals surface area (Å²) < 4.78 is 3.16. The second-order valence-electron chi connectivity index (χ2n) is 4.69. The third-order valence-electron chi connectivity index (χ3n) is 3.30. The van der Waals surface area contributed by atoms with Gasteiger partial charge >= 0.3 is 0 Å². The van der Waals surface area contributed by atoms with E-state index in [0.29, 0.717) is 5.56 Å². The molecule has 4 heteroatoms. The summed E-state index contributed by atoms with van der Waals surface area (Å²) in [4.78, 5) is 4.24. The van der Waals surface area contributed by atoms with Crippen molar-refractivity contribution in [2.24, 2.45) is 0 Å². The first kappa shape index (κ1) is 13.6. The zero-order chi connectivity index (χ0) is 14.7. The Morgan fingerprint density at radius 3 is 2.81 bits per heavy atom. The largest absolute Gasteiger partial charge is 0.326 e. The molecule has 2 aromatic carbocycles. The number of hydrogen-bond acceptors (Lipinski definition) is 2. The van der Waals surface area contributed by atoms with Crippen LogP contribution in [0.25, 0.3) is 11.3 Å². The topological polar surface area (TPSA) is 41.6 Å². The third kappa shape index (κ3) is 2.88. The van der Waals surface area contributed by atoms with E-state index in [0.717, 1.165) is 22.3 Å². The molecule has 1 heterocycles. The molecule has 3 nitrogen and oxygen atoms in total. The van der Waals surface area contributed by atoms with Gasteiger partial charge in [-0.25, -0.2) is 4.98 Å². The molecule has 102 valence electrons. The molecule has 3 aromatic rings. The molecule has 0 aliphatic carbocycles. The Hall–Kier alpha value is -2.38. The Bertz CT molecular complexity index is 815. The molecule has 0 fully saturated rings. The van der Waals surface area contributed by atoms with Gasteiger partial charge in [-0.15, -0.1) is 0 Å². The van der Waals surface area contributed by atoms with E-state index in [1.165, 1.54) is 5.56 Å². The average Bonchev–Trinajstić information content (AvgIpc) is 2.98. The van der Waals surface area contributed by atoms with Gasteiger partial charge < -0.3 is 4.57 Å². The van der Waals surface area contributed by atoms with Crippen LogP contribution in [0.2, 0.25) is 0 Å². The molecule has 3 rings (SSSR count). The number of aromatic nitrogens is 2. The van der Waals surface area contributed by atoms with Crippen LogP contribution in [-0.2, 0) is 6.54 Å². The van der Waals surface area contributed by atoms with E-state index in [-0.39, 0.29) is 0 Å². The van der Waals surface area contributed by atoms with E-state index < -0.39 is 0 Å². The predicted molar refractivity (Wildman–Crippen MR) is 85.6 cm³/mol. The number of nitrogens with zero attached hydrogens (tertiary/aromatic N) is 3. The molecule has 0 bridgehead atoms. The minimum atomic E-state index is 0.654. The van der Waals surface area contributed by atoms with Crippen LogP contribution in [0.5, 0.6) is 0 Å². The molecule has 0 aliphatic heterocycles. The molecule has 0 unspecified atom stereocenters. The van der Waals surface area contributed by atoms with Crippen LogP contribution in [0, 0.1) is 11.3 Å². The van der Waals surface area contributed by atoms with Gasteiger partial charge in [-0.2, -0.15) is 5.26 Å². The van der Waals surface area contributed by atoms with E-state index in [4.69, 9.17) is 5.26 Å². The molecule has 0 radical (unpaired) electrons. The highest BCUT2D eigenvalue weighted by Crippen LogP contribution is 2.23. The second-order valence-corrected chi connectivity index (χ2v) is 5.55. The normalized spacial score (nSPS) is 10.3. The van der Waals surface area contributed by atoms with Gasteiger partial charge in [0.05, 0.1) is 36.4 Å². The summed E-state index contributed by atoms with van der Waals surface area (Å²) >= 11 is 3.57. The summed E-state index contributed by atoms with van der Waals surface area (Å²) in [6, 6.07) is 17.9. The minimum Gasteiger partial charge on any atom is -0.326 e. The second kappa shape index (κ2) is 5.94. The van der Waals surface area contributed by atoms with Gasteiger partial charge in [0.2, 0.25) is 0 Å². The summed E-state index contributed by atoms with van der Waals surface area (Å²) in [5.74, 6) is 0. The van der Waals surface area contributed by atoms with Gasteiger partial charge in [0.25, 0.3) is 0 Å². The number of nitriles is 1. The molecule has 0 saturated carbocycles. The van der Waals surface area contributed by atoms with Crippen molar-refractivity contribution in [3.05, 3.63) is 76.7 Å². The zero-order valence-corrected chi connectivity index (χ0v) is 12.8. The van der Waals surface area contributed by atoms with Gasteiger partial charge in [-0.05, 0) is 23.8 Å². The van der Waals surface area contributed by atoms with Crippen LogP contribution in [0.4, 0.5) is 0 Å². The highest BCUT2D eigenvalue weighted by molar-refractivity contribution is 9.10. The Labute approximate surface area is 131 Å². The lowest BCUT2D eigenvalue weighted by Crippen LogP contribution is -2.01. The summed E-state index contributed by atoms with van der Waals surface area (Å²) in [7, 11) is 0. The van der Waals surface area contributed by atoms with Crippen LogP contribution < -0.4 is 0 Å². The van der Waals surface area contributed by atoms with Crippen molar-refractivity contribution in [2.45, 2.75) is 6.54 Å². The highest BCUT2D eigenvalue weighted by Gasteiger charge is 2.08. The summed E-state index contributed by atoms with van der Waals surface area (Å²) in [6.07, 6.45) is 3.64. The average molecular weight is 338 g/mol. The lowest BCUT2D eigenvalue weighted by atomic mass is 10.1. The van der Waals surface area contributed by atoms with E-state index in [1.54, 1.807) is 6.07 Å². The number of imidazole rings is 1. The summed E-state index contributed by atoms with van der Waals surface area (Å²) in [6.45, 7) is 0.730. The first-order chi connectivity index (χ1) is 10.3.